The van der Waals surface area contributed by atoms with Crippen molar-refractivity contribution in [2.24, 2.45) is 0 Å². The van der Waals surface area contributed by atoms with Crippen LogP contribution in [0.15, 0.2) is 54.6 Å². The van der Waals surface area contributed by atoms with E-state index in [0.29, 0.717) is 31.9 Å². The fourth-order valence-corrected chi connectivity index (χ4v) is 2.80. The number of rotatable bonds is 8. The van der Waals surface area contributed by atoms with Gasteiger partial charge in [0.05, 0.1) is 18.0 Å². The van der Waals surface area contributed by atoms with E-state index in [1.807, 2.05) is 48.5 Å². The van der Waals surface area contributed by atoms with Crippen LogP contribution in [0.25, 0.3) is 0 Å². The van der Waals surface area contributed by atoms with E-state index in [1.165, 1.54) is 0 Å². The summed E-state index contributed by atoms with van der Waals surface area (Å²) in [5.41, 5.74) is 1.35. The van der Waals surface area contributed by atoms with Gasteiger partial charge in [-0.15, -0.1) is 0 Å². The van der Waals surface area contributed by atoms with Crippen LogP contribution >= 0.6 is 0 Å². The zero-order chi connectivity index (χ0) is 18.2. The summed E-state index contributed by atoms with van der Waals surface area (Å²) in [5, 5.41) is 2.82. The average molecular weight is 354 g/mol. The molecule has 6 nitrogen and oxygen atoms in total. The number of para-hydroxylation sites is 3. The van der Waals surface area contributed by atoms with Crippen molar-refractivity contribution < 1.29 is 19.1 Å². The number of carbonyl (C=O) groups excluding carboxylic acids is 2. The van der Waals surface area contributed by atoms with E-state index in [4.69, 9.17) is 9.47 Å². The predicted molar refractivity (Wildman–Crippen MR) is 99.4 cm³/mol. The lowest BCUT2D eigenvalue weighted by molar-refractivity contribution is -0.121. The number of nitrogens with one attached hydrogen (secondary N) is 1. The fourth-order valence-electron chi connectivity index (χ4n) is 2.80. The third-order valence-electron chi connectivity index (χ3n) is 4.02. The third kappa shape index (κ3) is 4.83. The Bertz CT molecular complexity index is 748. The first-order valence-corrected chi connectivity index (χ1v) is 8.69. The van der Waals surface area contributed by atoms with Crippen LogP contribution in [0.5, 0.6) is 5.75 Å². The van der Waals surface area contributed by atoms with Crippen molar-refractivity contribution in [3.05, 3.63) is 54.6 Å². The molecule has 1 N–H and O–H groups in total. The standard InChI is InChI=1S/C20H22N2O4/c23-19(15-25-13-14-26-16-7-2-1-3-8-16)21-17-9-4-5-10-18(17)22-12-6-11-20(22)24/h1-5,7-10H,6,11-15H2,(H,21,23). The molecule has 26 heavy (non-hydrogen) atoms. The van der Waals surface area contributed by atoms with Gasteiger partial charge in [0, 0.05) is 13.0 Å². The van der Waals surface area contributed by atoms with Gasteiger partial charge in [-0.25, -0.2) is 0 Å². The van der Waals surface area contributed by atoms with Crippen molar-refractivity contribution >= 4 is 23.2 Å². The molecule has 0 spiro atoms. The molecule has 0 radical (unpaired) electrons. The number of hydrogen-bond acceptors (Lipinski definition) is 4. The van der Waals surface area contributed by atoms with Gasteiger partial charge in [0.1, 0.15) is 19.0 Å². The summed E-state index contributed by atoms with van der Waals surface area (Å²) >= 11 is 0. The quantitative estimate of drug-likeness (QED) is 0.740. The molecule has 1 saturated heterocycles. The van der Waals surface area contributed by atoms with Crippen LogP contribution in [0.3, 0.4) is 0 Å². The molecule has 1 aliphatic rings. The molecule has 6 heteroatoms. The second kappa shape index (κ2) is 9.01. The molecule has 0 aliphatic carbocycles. The van der Waals surface area contributed by atoms with Gasteiger partial charge in [0.15, 0.2) is 0 Å². The van der Waals surface area contributed by atoms with Crippen LogP contribution in [0.2, 0.25) is 0 Å². The predicted octanol–water partition coefficient (Wildman–Crippen LogP) is 2.85. The number of amides is 2. The summed E-state index contributed by atoms with van der Waals surface area (Å²) < 4.78 is 10.9. The number of anilines is 2. The minimum atomic E-state index is -0.260. The number of benzene rings is 2. The highest BCUT2D eigenvalue weighted by Gasteiger charge is 2.24. The summed E-state index contributed by atoms with van der Waals surface area (Å²) in [6, 6.07) is 16.7. The number of carbonyl (C=O) groups is 2. The van der Waals surface area contributed by atoms with E-state index >= 15 is 0 Å². The lowest BCUT2D eigenvalue weighted by Crippen LogP contribution is -2.26. The minimum Gasteiger partial charge on any atom is -0.491 e. The highest BCUT2D eigenvalue weighted by molar-refractivity contribution is 6.02. The van der Waals surface area contributed by atoms with Crippen LogP contribution < -0.4 is 15.0 Å². The first-order valence-electron chi connectivity index (χ1n) is 8.69. The van der Waals surface area contributed by atoms with Crippen LogP contribution in [0.1, 0.15) is 12.8 Å². The van der Waals surface area contributed by atoms with Gasteiger partial charge in [-0.2, -0.15) is 0 Å². The summed E-state index contributed by atoms with van der Waals surface area (Å²) in [4.78, 5) is 25.8. The van der Waals surface area contributed by atoms with Crippen molar-refractivity contribution in [1.29, 1.82) is 0 Å². The van der Waals surface area contributed by atoms with Crippen molar-refractivity contribution in [1.82, 2.24) is 0 Å². The highest BCUT2D eigenvalue weighted by atomic mass is 16.5. The Labute approximate surface area is 152 Å². The molecule has 3 rings (SSSR count). The molecule has 2 aromatic carbocycles. The summed E-state index contributed by atoms with van der Waals surface area (Å²) in [6.07, 6.45) is 1.39. The molecule has 0 saturated carbocycles. The molecule has 0 unspecified atom stereocenters. The molecule has 1 heterocycles. The maximum absolute atomic E-state index is 12.1. The van der Waals surface area contributed by atoms with Crippen molar-refractivity contribution in [3.63, 3.8) is 0 Å². The zero-order valence-electron chi connectivity index (χ0n) is 14.5. The second-order valence-electron chi connectivity index (χ2n) is 5.93. The van der Waals surface area contributed by atoms with E-state index in [2.05, 4.69) is 5.32 Å². The van der Waals surface area contributed by atoms with Gasteiger partial charge in [-0.05, 0) is 30.7 Å². The highest BCUT2D eigenvalue weighted by Crippen LogP contribution is 2.29. The van der Waals surface area contributed by atoms with Gasteiger partial charge in [0.2, 0.25) is 11.8 Å². The molecule has 1 fully saturated rings. The number of hydrogen-bond donors (Lipinski definition) is 1. The molecular weight excluding hydrogens is 332 g/mol. The maximum atomic E-state index is 12.1. The molecule has 136 valence electrons. The van der Waals surface area contributed by atoms with Crippen LogP contribution in [-0.4, -0.2) is 38.2 Å². The Morgan fingerprint density at radius 1 is 1.04 bits per heavy atom. The largest absolute Gasteiger partial charge is 0.491 e. The molecule has 1 aliphatic heterocycles. The Kier molecular flexibility index (Phi) is 6.22. The van der Waals surface area contributed by atoms with Crippen molar-refractivity contribution in [3.8, 4) is 5.75 Å². The fraction of sp³-hybridized carbons (Fsp3) is 0.300. The number of nitrogens with zero attached hydrogens (tertiary/aromatic N) is 1. The van der Waals surface area contributed by atoms with Crippen LogP contribution in [-0.2, 0) is 14.3 Å². The smallest absolute Gasteiger partial charge is 0.250 e. The van der Waals surface area contributed by atoms with E-state index in [1.54, 1.807) is 11.0 Å². The zero-order valence-corrected chi connectivity index (χ0v) is 14.5. The lowest BCUT2D eigenvalue weighted by atomic mass is 10.2. The summed E-state index contributed by atoms with van der Waals surface area (Å²) in [6.45, 7) is 1.30. The summed E-state index contributed by atoms with van der Waals surface area (Å²) in [7, 11) is 0. The van der Waals surface area contributed by atoms with E-state index in [9.17, 15) is 9.59 Å². The SMILES string of the molecule is O=C(COCCOc1ccccc1)Nc1ccccc1N1CCCC1=O. The first-order chi connectivity index (χ1) is 12.7. The van der Waals surface area contributed by atoms with E-state index < -0.39 is 0 Å². The molecule has 0 atom stereocenters. The Morgan fingerprint density at radius 2 is 1.81 bits per heavy atom. The van der Waals surface area contributed by atoms with Gasteiger partial charge in [-0.1, -0.05) is 30.3 Å². The minimum absolute atomic E-state index is 0.0690. The van der Waals surface area contributed by atoms with Crippen LogP contribution in [0.4, 0.5) is 11.4 Å². The van der Waals surface area contributed by atoms with Gasteiger partial charge in [0.25, 0.3) is 0 Å². The van der Waals surface area contributed by atoms with Crippen LogP contribution in [0, 0.1) is 0 Å². The molecule has 2 aromatic rings. The van der Waals surface area contributed by atoms with Gasteiger partial charge in [-0.3, -0.25) is 9.59 Å². The van der Waals surface area contributed by atoms with Crippen molar-refractivity contribution in [2.75, 3.05) is 36.6 Å². The summed E-state index contributed by atoms with van der Waals surface area (Å²) in [5.74, 6) is 0.592. The van der Waals surface area contributed by atoms with E-state index in [0.717, 1.165) is 17.9 Å². The first kappa shape index (κ1) is 17.9. The lowest BCUT2D eigenvalue weighted by Gasteiger charge is -2.20. The third-order valence-corrected chi connectivity index (χ3v) is 4.02. The van der Waals surface area contributed by atoms with E-state index in [-0.39, 0.29) is 18.4 Å². The average Bonchev–Trinajstić information content (AvgIpc) is 3.08. The van der Waals surface area contributed by atoms with Crippen molar-refractivity contribution in [2.45, 2.75) is 12.8 Å². The number of ether oxygens (including phenoxy) is 2. The Hall–Kier alpha value is -2.86. The normalized spacial score (nSPS) is 13.7. The monoisotopic (exact) mass is 354 g/mol. The topological polar surface area (TPSA) is 67.9 Å². The Morgan fingerprint density at radius 3 is 2.58 bits per heavy atom. The van der Waals surface area contributed by atoms with Gasteiger partial charge >= 0.3 is 0 Å². The van der Waals surface area contributed by atoms with Gasteiger partial charge < -0.3 is 19.7 Å². The molecule has 2 amide bonds. The molecule has 0 aromatic heterocycles. The second-order valence-corrected chi connectivity index (χ2v) is 5.93. The molecule has 0 bridgehead atoms. The molecular formula is C20H22N2O4. The Balaban J connectivity index is 1.44. The maximum Gasteiger partial charge on any atom is 0.250 e.